The van der Waals surface area contributed by atoms with Gasteiger partial charge in [-0.1, -0.05) is 12.1 Å². The molecule has 0 saturated carbocycles. The van der Waals surface area contributed by atoms with Gasteiger partial charge in [0, 0.05) is 18.3 Å². The molecule has 0 saturated heterocycles. The highest BCUT2D eigenvalue weighted by Crippen LogP contribution is 2.36. The van der Waals surface area contributed by atoms with E-state index in [4.69, 9.17) is 18.9 Å². The van der Waals surface area contributed by atoms with Crippen molar-refractivity contribution < 1.29 is 37.0 Å². The van der Waals surface area contributed by atoms with Crippen LogP contribution in [0.1, 0.15) is 52.7 Å². The summed E-state index contributed by atoms with van der Waals surface area (Å²) in [5.41, 5.74) is 0.174. The first-order chi connectivity index (χ1) is 21.0. The molecule has 0 atom stereocenters. The summed E-state index contributed by atoms with van der Waals surface area (Å²) in [5.74, 6) is 0.254. The fourth-order valence-corrected chi connectivity index (χ4v) is 5.50. The van der Waals surface area contributed by atoms with Gasteiger partial charge in [-0.2, -0.15) is 9.78 Å². The van der Waals surface area contributed by atoms with E-state index in [1.54, 1.807) is 82.9 Å². The maximum atomic E-state index is 13.5. The fraction of sp³-hybridized carbons (Fsp3) is 0.400. The van der Waals surface area contributed by atoms with Crippen LogP contribution in [-0.2, 0) is 32.6 Å². The number of alkyl carbamates (subject to hydrolysis) is 1. The lowest BCUT2D eigenvalue weighted by atomic mass is 10.1. The Morgan fingerprint density at radius 2 is 1.58 bits per heavy atom. The van der Waals surface area contributed by atoms with Crippen LogP contribution < -0.4 is 19.5 Å². The maximum Gasteiger partial charge on any atom is 0.435 e. The van der Waals surface area contributed by atoms with E-state index in [0.717, 1.165) is 10.2 Å². The zero-order valence-corrected chi connectivity index (χ0v) is 27.3. The molecule has 242 valence electrons. The Hall–Kier alpha value is -4.79. The third-order valence-corrected chi connectivity index (χ3v) is 7.43. The normalized spacial score (nSPS) is 12.1. The number of anilines is 1. The van der Waals surface area contributed by atoms with Crippen molar-refractivity contribution >= 4 is 38.9 Å². The minimum atomic E-state index is -4.21. The monoisotopic (exact) mass is 642 g/mol. The predicted octanol–water partition coefficient (Wildman–Crippen LogP) is 4.91. The lowest BCUT2D eigenvalue weighted by Crippen LogP contribution is -2.32. The number of amides is 1. The van der Waals surface area contributed by atoms with E-state index in [-0.39, 0.29) is 46.2 Å². The van der Waals surface area contributed by atoms with Crippen LogP contribution in [0.15, 0.2) is 53.7 Å². The van der Waals surface area contributed by atoms with Gasteiger partial charge in [-0.3, -0.25) is 9.40 Å². The van der Waals surface area contributed by atoms with Gasteiger partial charge in [0.25, 0.3) is 10.0 Å². The molecule has 0 aliphatic carbocycles. The SMILES string of the molecule is COc1ccccc1S(=O)(=O)Nc1nn(C(=O)OC(C)(C)C)c2cc(Cn3cc(CNC(=O)OC(C)(C)C)cn3)cc(OC)c12. The van der Waals surface area contributed by atoms with E-state index < -0.39 is 33.4 Å². The molecule has 0 radical (unpaired) electrons. The second-order valence-electron chi connectivity index (χ2n) is 12.1. The second-order valence-corrected chi connectivity index (χ2v) is 13.7. The molecule has 1 amide bonds. The minimum Gasteiger partial charge on any atom is -0.496 e. The number of rotatable bonds is 9. The van der Waals surface area contributed by atoms with Gasteiger partial charge in [0.15, 0.2) is 5.82 Å². The number of methoxy groups -OCH3 is 2. The topological polar surface area (TPSA) is 165 Å². The average molecular weight is 643 g/mol. The number of carbonyl (C=O) groups excluding carboxylic acids is 2. The Bertz CT molecular complexity index is 1820. The molecule has 2 N–H and O–H groups in total. The Morgan fingerprint density at radius 3 is 2.22 bits per heavy atom. The van der Waals surface area contributed by atoms with Crippen LogP contribution in [0, 0.1) is 0 Å². The highest BCUT2D eigenvalue weighted by atomic mass is 32.2. The molecule has 0 spiro atoms. The van der Waals surface area contributed by atoms with Crippen molar-refractivity contribution in [2.75, 3.05) is 18.9 Å². The van der Waals surface area contributed by atoms with E-state index in [1.807, 2.05) is 0 Å². The third-order valence-electron chi connectivity index (χ3n) is 6.05. The van der Waals surface area contributed by atoms with Crippen molar-refractivity contribution in [1.82, 2.24) is 24.9 Å². The summed E-state index contributed by atoms with van der Waals surface area (Å²) in [6.45, 7) is 10.9. The van der Waals surface area contributed by atoms with Gasteiger partial charge >= 0.3 is 12.2 Å². The largest absolute Gasteiger partial charge is 0.496 e. The second kappa shape index (κ2) is 12.7. The fourth-order valence-electron chi connectivity index (χ4n) is 4.32. The number of hydrogen-bond acceptors (Lipinski definition) is 10. The zero-order valence-electron chi connectivity index (χ0n) is 26.5. The van der Waals surface area contributed by atoms with Crippen LogP contribution in [0.4, 0.5) is 15.4 Å². The van der Waals surface area contributed by atoms with Crippen LogP contribution in [0.3, 0.4) is 0 Å². The number of aromatic nitrogens is 4. The number of para-hydroxylation sites is 1. The van der Waals surface area contributed by atoms with Crippen LogP contribution in [0.5, 0.6) is 11.5 Å². The molecule has 15 heteroatoms. The number of hydrogen-bond donors (Lipinski definition) is 2. The highest BCUT2D eigenvalue weighted by Gasteiger charge is 2.28. The Kier molecular flexibility index (Phi) is 9.32. The molecular formula is C30H38N6O8S. The number of nitrogens with one attached hydrogen (secondary N) is 2. The molecule has 4 aromatic rings. The summed E-state index contributed by atoms with van der Waals surface area (Å²) < 4.78 is 53.8. The molecule has 45 heavy (non-hydrogen) atoms. The molecule has 0 aliphatic heterocycles. The van der Waals surface area contributed by atoms with Crippen molar-refractivity contribution in [3.8, 4) is 11.5 Å². The van der Waals surface area contributed by atoms with E-state index in [2.05, 4.69) is 20.2 Å². The van der Waals surface area contributed by atoms with Crippen LogP contribution in [0.2, 0.25) is 0 Å². The first kappa shape index (κ1) is 33.1. The molecule has 4 rings (SSSR count). The molecular weight excluding hydrogens is 604 g/mol. The van der Waals surface area contributed by atoms with Gasteiger partial charge in [-0.25, -0.2) is 18.0 Å². The van der Waals surface area contributed by atoms with E-state index in [9.17, 15) is 18.0 Å². The molecule has 2 heterocycles. The minimum absolute atomic E-state index is 0.112. The van der Waals surface area contributed by atoms with E-state index >= 15 is 0 Å². The smallest absolute Gasteiger partial charge is 0.435 e. The van der Waals surface area contributed by atoms with Gasteiger partial charge in [-0.05, 0) is 71.4 Å². The summed E-state index contributed by atoms with van der Waals surface area (Å²) in [7, 11) is -1.42. The van der Waals surface area contributed by atoms with Gasteiger partial charge in [0.1, 0.15) is 27.6 Å². The van der Waals surface area contributed by atoms with Crippen molar-refractivity contribution in [2.24, 2.45) is 0 Å². The number of ether oxygens (including phenoxy) is 4. The lowest BCUT2D eigenvalue weighted by Gasteiger charge is -2.19. The maximum absolute atomic E-state index is 13.5. The Labute approximate surface area is 261 Å². The van der Waals surface area contributed by atoms with Gasteiger partial charge < -0.3 is 24.3 Å². The number of sulfonamides is 1. The summed E-state index contributed by atoms with van der Waals surface area (Å²) in [6.07, 6.45) is 2.01. The number of nitrogens with zero attached hydrogens (tertiary/aromatic N) is 4. The molecule has 2 aromatic heterocycles. The summed E-state index contributed by atoms with van der Waals surface area (Å²) in [6, 6.07) is 9.50. The van der Waals surface area contributed by atoms with Crippen molar-refractivity contribution in [1.29, 1.82) is 0 Å². The summed E-state index contributed by atoms with van der Waals surface area (Å²) in [5, 5.41) is 11.6. The Morgan fingerprint density at radius 1 is 0.911 bits per heavy atom. The van der Waals surface area contributed by atoms with Crippen LogP contribution in [-0.4, -0.2) is 65.6 Å². The predicted molar refractivity (Wildman–Crippen MR) is 166 cm³/mol. The lowest BCUT2D eigenvalue weighted by molar-refractivity contribution is 0.0512. The molecule has 2 aromatic carbocycles. The molecule has 14 nitrogen and oxygen atoms in total. The summed E-state index contributed by atoms with van der Waals surface area (Å²) in [4.78, 5) is 25.2. The van der Waals surface area contributed by atoms with Crippen molar-refractivity contribution in [3.63, 3.8) is 0 Å². The van der Waals surface area contributed by atoms with E-state index in [0.29, 0.717) is 5.56 Å². The molecule has 0 unspecified atom stereocenters. The van der Waals surface area contributed by atoms with Crippen molar-refractivity contribution in [3.05, 3.63) is 59.9 Å². The molecule has 0 fully saturated rings. The van der Waals surface area contributed by atoms with Crippen LogP contribution in [0.25, 0.3) is 10.9 Å². The standard InChI is InChI=1S/C30H38N6O8S/c1-29(2,3)43-27(37)31-15-20-16-32-35(18-20)17-19-13-21-25(23(14-19)42-8)26(33-36(21)28(38)44-30(4,5)6)34-45(39,40)24-12-10-9-11-22(24)41-7/h9-14,16,18H,15,17H2,1-8H3,(H,31,37)(H,33,34). The molecule has 0 aliphatic rings. The number of carbonyl (C=O) groups is 2. The third kappa shape index (κ3) is 8.23. The first-order valence-corrected chi connectivity index (χ1v) is 15.4. The quantitative estimate of drug-likeness (QED) is 0.256. The van der Waals surface area contributed by atoms with Crippen molar-refractivity contribution in [2.45, 2.75) is 70.7 Å². The number of fused-ring (bicyclic) bond motifs is 1. The van der Waals surface area contributed by atoms with Crippen LogP contribution >= 0.6 is 0 Å². The number of benzene rings is 2. The highest BCUT2D eigenvalue weighted by molar-refractivity contribution is 7.92. The first-order valence-electron chi connectivity index (χ1n) is 14.0. The van der Waals surface area contributed by atoms with E-state index in [1.165, 1.54) is 26.4 Å². The van der Waals surface area contributed by atoms with Gasteiger partial charge in [-0.15, -0.1) is 5.10 Å². The Balaban J connectivity index is 1.71. The van der Waals surface area contributed by atoms with Gasteiger partial charge in [0.2, 0.25) is 0 Å². The summed E-state index contributed by atoms with van der Waals surface area (Å²) >= 11 is 0. The van der Waals surface area contributed by atoms with Gasteiger partial charge in [0.05, 0.1) is 37.9 Å². The zero-order chi connectivity index (χ0) is 33.2. The average Bonchev–Trinajstić information content (AvgIpc) is 3.53. The molecule has 0 bridgehead atoms.